The minimum absolute atomic E-state index is 0.0820. The number of nitrogens with one attached hydrogen (secondary N) is 1. The van der Waals surface area contributed by atoms with Crippen molar-refractivity contribution in [3.63, 3.8) is 0 Å². The Hall–Kier alpha value is -0.540. The molecule has 9 nitrogen and oxygen atoms in total. The lowest BCUT2D eigenvalue weighted by Gasteiger charge is -2.29. The average Bonchev–Trinajstić information content (AvgIpc) is 3.25. The summed E-state index contributed by atoms with van der Waals surface area (Å²) in [6.07, 6.45) is 19.0. The van der Waals surface area contributed by atoms with Crippen LogP contribution in [0.4, 0.5) is 0 Å². The molecule has 1 heterocycles. The topological polar surface area (TPSA) is 113 Å². The number of carbonyl (C=O) groups excluding carboxylic acids is 1. The van der Waals surface area contributed by atoms with Gasteiger partial charge in [-0.3, -0.25) is 13.8 Å². The second-order valence-corrected chi connectivity index (χ2v) is 16.1. The molecule has 0 saturated carbocycles. The molecule has 0 aromatic carbocycles. The highest BCUT2D eigenvalue weighted by Gasteiger charge is 2.49. The largest absolute Gasteiger partial charge is 0.473 e. The number of carbonyl (C=O) groups is 1. The molecule has 0 spiro atoms. The SMILES string of the molecule is CCCCCCCCCCCCCCCCCC(=O)NCCC[C@@H]1O[C@H](COC(C)(C)C)[C@@H](OP(=O)(O)OC(C)(C)C)[C@H]1OC. The molecule has 1 unspecified atom stereocenters. The summed E-state index contributed by atoms with van der Waals surface area (Å²) in [7, 11) is -2.85. The number of ether oxygens (including phenoxy) is 3. The summed E-state index contributed by atoms with van der Waals surface area (Å²) in [6.45, 7) is 13.9. The van der Waals surface area contributed by atoms with Gasteiger partial charge in [0.15, 0.2) is 0 Å². The van der Waals surface area contributed by atoms with Gasteiger partial charge in [-0.15, -0.1) is 0 Å². The predicted molar refractivity (Wildman–Crippen MR) is 182 cm³/mol. The van der Waals surface area contributed by atoms with Crippen molar-refractivity contribution in [2.75, 3.05) is 20.3 Å². The van der Waals surface area contributed by atoms with Crippen LogP contribution in [0.15, 0.2) is 0 Å². The summed E-state index contributed by atoms with van der Waals surface area (Å²) >= 11 is 0. The maximum atomic E-state index is 12.8. The minimum atomic E-state index is -4.39. The van der Waals surface area contributed by atoms with E-state index in [9.17, 15) is 14.3 Å². The fourth-order valence-corrected chi connectivity index (χ4v) is 7.01. The van der Waals surface area contributed by atoms with Gasteiger partial charge in [0.25, 0.3) is 0 Å². The van der Waals surface area contributed by atoms with E-state index in [4.69, 9.17) is 23.3 Å². The summed E-state index contributed by atoms with van der Waals surface area (Å²) in [5.41, 5.74) is -1.29. The molecule has 1 fully saturated rings. The van der Waals surface area contributed by atoms with Gasteiger partial charge in [-0.1, -0.05) is 96.8 Å². The van der Waals surface area contributed by atoms with Crippen LogP contribution >= 0.6 is 7.82 Å². The van der Waals surface area contributed by atoms with Crippen molar-refractivity contribution in [2.24, 2.45) is 0 Å². The molecular weight excluding hydrogens is 593 g/mol. The number of hydrogen-bond donors (Lipinski definition) is 2. The molecule has 1 rings (SSSR count). The van der Waals surface area contributed by atoms with Crippen LogP contribution < -0.4 is 5.32 Å². The third kappa shape index (κ3) is 21.9. The minimum Gasteiger partial charge on any atom is -0.376 e. The fourth-order valence-electron chi connectivity index (χ4n) is 5.71. The zero-order valence-corrected chi connectivity index (χ0v) is 31.1. The Labute approximate surface area is 276 Å². The highest BCUT2D eigenvalue weighted by atomic mass is 31.2. The van der Waals surface area contributed by atoms with E-state index in [0.29, 0.717) is 25.8 Å². The Kier molecular flexibility index (Phi) is 21.6. The van der Waals surface area contributed by atoms with Crippen LogP contribution in [0.5, 0.6) is 0 Å². The van der Waals surface area contributed by atoms with Crippen LogP contribution in [0.1, 0.15) is 164 Å². The van der Waals surface area contributed by atoms with Crippen LogP contribution in [0, 0.1) is 0 Å². The van der Waals surface area contributed by atoms with Crippen molar-refractivity contribution >= 4 is 13.7 Å². The molecule has 0 aromatic heterocycles. The highest BCUT2D eigenvalue weighted by molar-refractivity contribution is 7.47. The van der Waals surface area contributed by atoms with E-state index in [1.807, 2.05) is 20.8 Å². The molecule has 1 amide bonds. The molecule has 5 atom stereocenters. The first kappa shape index (κ1) is 42.5. The van der Waals surface area contributed by atoms with E-state index >= 15 is 0 Å². The number of hydrogen-bond acceptors (Lipinski definition) is 7. The first-order valence-electron chi connectivity index (χ1n) is 18.0. The van der Waals surface area contributed by atoms with Gasteiger partial charge in [0.05, 0.1) is 23.9 Å². The molecule has 1 aliphatic rings. The van der Waals surface area contributed by atoms with Gasteiger partial charge in [-0.05, 0) is 60.8 Å². The normalized spacial score (nSPS) is 22.1. The van der Waals surface area contributed by atoms with Crippen LogP contribution in [0.2, 0.25) is 0 Å². The lowest BCUT2D eigenvalue weighted by molar-refractivity contribution is -0.121. The van der Waals surface area contributed by atoms with Gasteiger partial charge < -0.3 is 24.4 Å². The van der Waals surface area contributed by atoms with Crippen LogP contribution in [0.25, 0.3) is 0 Å². The Balaban J connectivity index is 2.28. The first-order valence-corrected chi connectivity index (χ1v) is 19.5. The third-order valence-electron chi connectivity index (χ3n) is 8.00. The molecular formula is C35H70NO8P. The second-order valence-electron chi connectivity index (χ2n) is 14.8. The average molecular weight is 664 g/mol. The van der Waals surface area contributed by atoms with E-state index < -0.39 is 37.3 Å². The fraction of sp³-hybridized carbons (Fsp3) is 0.971. The van der Waals surface area contributed by atoms with E-state index in [2.05, 4.69) is 12.2 Å². The van der Waals surface area contributed by atoms with Gasteiger partial charge >= 0.3 is 7.82 Å². The molecule has 1 aliphatic heterocycles. The maximum Gasteiger partial charge on any atom is 0.473 e. The van der Waals surface area contributed by atoms with Crippen molar-refractivity contribution in [1.82, 2.24) is 5.32 Å². The van der Waals surface area contributed by atoms with E-state index in [1.165, 1.54) is 90.6 Å². The number of phosphoric ester groups is 1. The van der Waals surface area contributed by atoms with E-state index in [-0.39, 0.29) is 18.6 Å². The van der Waals surface area contributed by atoms with Crippen molar-refractivity contribution in [1.29, 1.82) is 0 Å². The molecule has 45 heavy (non-hydrogen) atoms. The molecule has 2 N–H and O–H groups in total. The monoisotopic (exact) mass is 663 g/mol. The molecule has 268 valence electrons. The summed E-state index contributed by atoms with van der Waals surface area (Å²) in [6, 6.07) is 0. The van der Waals surface area contributed by atoms with Gasteiger partial charge in [-0.25, -0.2) is 4.57 Å². The number of amides is 1. The zero-order valence-electron chi connectivity index (χ0n) is 30.2. The van der Waals surface area contributed by atoms with Crippen molar-refractivity contribution in [2.45, 2.75) is 200 Å². The molecule has 0 aromatic rings. The molecule has 0 radical (unpaired) electrons. The summed E-state index contributed by atoms with van der Waals surface area (Å²) in [5, 5.41) is 3.02. The third-order valence-corrected chi connectivity index (χ3v) is 9.29. The molecule has 0 bridgehead atoms. The van der Waals surface area contributed by atoms with Gasteiger partial charge in [0.1, 0.15) is 18.3 Å². The van der Waals surface area contributed by atoms with Crippen LogP contribution in [-0.2, 0) is 32.6 Å². The first-order chi connectivity index (χ1) is 21.2. The summed E-state index contributed by atoms with van der Waals surface area (Å²) in [4.78, 5) is 22.8. The Morgan fingerprint density at radius 3 is 1.73 bits per heavy atom. The van der Waals surface area contributed by atoms with Crippen LogP contribution in [0.3, 0.4) is 0 Å². The quantitative estimate of drug-likeness (QED) is 0.0696. The molecule has 10 heteroatoms. The Bertz CT molecular complexity index is 812. The van der Waals surface area contributed by atoms with Crippen LogP contribution in [-0.4, -0.2) is 66.7 Å². The van der Waals surface area contributed by atoms with E-state index in [0.717, 1.165) is 12.8 Å². The van der Waals surface area contributed by atoms with Gasteiger partial charge in [-0.2, -0.15) is 0 Å². The number of rotatable bonds is 26. The molecule has 1 saturated heterocycles. The maximum absolute atomic E-state index is 12.8. The lowest BCUT2D eigenvalue weighted by atomic mass is 10.0. The number of phosphoric acid groups is 1. The standard InChI is InChI=1S/C35H70NO8P/c1-9-10-11-12-13-14-15-16-17-18-19-20-21-22-23-26-31(37)36-27-24-25-29-32(40-8)33(30(42-29)28-41-34(2,3)4)43-45(38,39)44-35(5,6)7/h29-30,32-33H,9-28H2,1-8H3,(H,36,37)(H,38,39)/t29-,30+,32-,33+/m0/s1. The number of unbranched alkanes of at least 4 members (excludes halogenated alkanes) is 14. The second kappa shape index (κ2) is 22.9. The smallest absolute Gasteiger partial charge is 0.376 e. The Morgan fingerprint density at radius 1 is 0.756 bits per heavy atom. The predicted octanol–water partition coefficient (Wildman–Crippen LogP) is 9.04. The van der Waals surface area contributed by atoms with Crippen molar-refractivity contribution in [3.05, 3.63) is 0 Å². The van der Waals surface area contributed by atoms with Crippen molar-refractivity contribution in [3.8, 4) is 0 Å². The number of methoxy groups -OCH3 is 1. The summed E-state index contributed by atoms with van der Waals surface area (Å²) < 4.78 is 41.6. The highest BCUT2D eigenvalue weighted by Crippen LogP contribution is 2.51. The van der Waals surface area contributed by atoms with E-state index in [1.54, 1.807) is 20.8 Å². The molecule has 0 aliphatic carbocycles. The van der Waals surface area contributed by atoms with Gasteiger partial charge in [0.2, 0.25) is 5.91 Å². The lowest BCUT2D eigenvalue weighted by Crippen LogP contribution is -2.39. The van der Waals surface area contributed by atoms with Crippen molar-refractivity contribution < 1.29 is 37.5 Å². The zero-order chi connectivity index (χ0) is 33.8. The van der Waals surface area contributed by atoms with Gasteiger partial charge in [0, 0.05) is 20.1 Å². The Morgan fingerprint density at radius 2 is 1.27 bits per heavy atom. The summed E-state index contributed by atoms with van der Waals surface area (Å²) in [5.74, 6) is 0.0820.